The van der Waals surface area contributed by atoms with Crippen molar-refractivity contribution in [3.8, 4) is 0 Å². The predicted molar refractivity (Wildman–Crippen MR) is 87.8 cm³/mol. The first kappa shape index (κ1) is 16.7. The zero-order chi connectivity index (χ0) is 15.1. The number of aliphatic hydroxyl groups is 1. The van der Waals surface area contributed by atoms with Gasteiger partial charge in [-0.2, -0.15) is 0 Å². The van der Waals surface area contributed by atoms with E-state index in [1.54, 1.807) is 0 Å². The van der Waals surface area contributed by atoms with Gasteiger partial charge in [0.05, 0.1) is 16.9 Å². The molecular formula is C17H27NO2S. The van der Waals surface area contributed by atoms with Crippen LogP contribution >= 0.6 is 0 Å². The first-order valence-electron chi connectivity index (χ1n) is 8.01. The average Bonchev–Trinajstić information content (AvgIpc) is 2.53. The summed E-state index contributed by atoms with van der Waals surface area (Å²) in [5, 5.41) is 13.2. The molecule has 2 rings (SSSR count). The maximum absolute atomic E-state index is 12.5. The fourth-order valence-corrected chi connectivity index (χ4v) is 4.43. The number of nitrogens with one attached hydrogen (secondary N) is 1. The zero-order valence-electron chi connectivity index (χ0n) is 12.9. The van der Waals surface area contributed by atoms with Gasteiger partial charge in [-0.25, -0.2) is 0 Å². The van der Waals surface area contributed by atoms with Gasteiger partial charge < -0.3 is 10.4 Å². The molecule has 0 bridgehead atoms. The molecule has 3 nitrogen and oxygen atoms in total. The summed E-state index contributed by atoms with van der Waals surface area (Å²) < 4.78 is 12.5. The van der Waals surface area contributed by atoms with Crippen molar-refractivity contribution in [2.75, 3.05) is 19.3 Å². The summed E-state index contributed by atoms with van der Waals surface area (Å²) in [5.41, 5.74) is 0.875. The van der Waals surface area contributed by atoms with Crippen LogP contribution in [0.15, 0.2) is 29.2 Å². The van der Waals surface area contributed by atoms with Crippen molar-refractivity contribution in [2.45, 2.75) is 49.5 Å². The molecule has 1 aromatic rings. The highest BCUT2D eigenvalue weighted by Gasteiger charge is 2.18. The molecule has 2 unspecified atom stereocenters. The van der Waals surface area contributed by atoms with Gasteiger partial charge in [-0.15, -0.1) is 0 Å². The molecule has 0 spiro atoms. The molecule has 0 radical (unpaired) electrons. The minimum absolute atomic E-state index is 0.482. The zero-order valence-corrected chi connectivity index (χ0v) is 13.7. The van der Waals surface area contributed by atoms with Crippen molar-refractivity contribution in [2.24, 2.45) is 5.92 Å². The van der Waals surface area contributed by atoms with E-state index in [0.717, 1.165) is 22.8 Å². The van der Waals surface area contributed by atoms with E-state index in [-0.39, 0.29) is 0 Å². The SMILES string of the molecule is CNCCC(O)c1cccc(S(=O)CC2CCCCC2)c1. The molecule has 1 aliphatic rings. The van der Waals surface area contributed by atoms with E-state index < -0.39 is 16.9 Å². The molecule has 2 atom stereocenters. The Morgan fingerprint density at radius 3 is 2.81 bits per heavy atom. The lowest BCUT2D eigenvalue weighted by atomic mass is 9.91. The molecule has 1 saturated carbocycles. The quantitative estimate of drug-likeness (QED) is 0.814. The van der Waals surface area contributed by atoms with Gasteiger partial charge in [0, 0.05) is 10.6 Å². The van der Waals surface area contributed by atoms with E-state index in [4.69, 9.17) is 0 Å². The molecule has 0 heterocycles. The van der Waals surface area contributed by atoms with Crippen LogP contribution < -0.4 is 5.32 Å². The molecule has 0 aromatic heterocycles. The van der Waals surface area contributed by atoms with Gasteiger partial charge in [-0.05, 0) is 56.5 Å². The second-order valence-electron chi connectivity index (χ2n) is 6.00. The van der Waals surface area contributed by atoms with Gasteiger partial charge >= 0.3 is 0 Å². The largest absolute Gasteiger partial charge is 0.388 e. The molecule has 2 N–H and O–H groups in total. The van der Waals surface area contributed by atoms with Crippen LogP contribution in [0.5, 0.6) is 0 Å². The Hall–Kier alpha value is -0.710. The van der Waals surface area contributed by atoms with E-state index in [1.165, 1.54) is 32.1 Å². The number of aliphatic hydroxyl groups excluding tert-OH is 1. The van der Waals surface area contributed by atoms with Gasteiger partial charge in [-0.1, -0.05) is 31.4 Å². The Bertz CT molecular complexity index is 458. The van der Waals surface area contributed by atoms with Crippen molar-refractivity contribution in [3.63, 3.8) is 0 Å². The van der Waals surface area contributed by atoms with Crippen LogP contribution in [-0.2, 0) is 10.8 Å². The highest BCUT2D eigenvalue weighted by Crippen LogP contribution is 2.26. The molecule has 21 heavy (non-hydrogen) atoms. The number of hydrogen-bond acceptors (Lipinski definition) is 3. The lowest BCUT2D eigenvalue weighted by Gasteiger charge is -2.21. The van der Waals surface area contributed by atoms with Gasteiger partial charge in [-0.3, -0.25) is 4.21 Å². The van der Waals surface area contributed by atoms with Crippen LogP contribution in [-0.4, -0.2) is 28.7 Å². The van der Waals surface area contributed by atoms with E-state index >= 15 is 0 Å². The van der Waals surface area contributed by atoms with Crippen molar-refractivity contribution < 1.29 is 9.32 Å². The van der Waals surface area contributed by atoms with Gasteiger partial charge in [0.15, 0.2) is 0 Å². The predicted octanol–water partition coefficient (Wildman–Crippen LogP) is 3.02. The van der Waals surface area contributed by atoms with Gasteiger partial charge in [0.25, 0.3) is 0 Å². The standard InChI is InChI=1S/C17H27NO2S/c1-18-11-10-17(19)15-8-5-9-16(12-15)21(20)13-14-6-3-2-4-7-14/h5,8-9,12,14,17-19H,2-4,6-7,10-11,13H2,1H3. The fourth-order valence-electron chi connectivity index (χ4n) is 2.98. The van der Waals surface area contributed by atoms with Crippen LogP contribution in [0.4, 0.5) is 0 Å². The Kier molecular flexibility index (Phi) is 6.87. The smallest absolute Gasteiger partial charge is 0.0802 e. The topological polar surface area (TPSA) is 49.3 Å². The van der Waals surface area contributed by atoms with Crippen molar-refractivity contribution >= 4 is 10.8 Å². The molecule has 0 saturated heterocycles. The van der Waals surface area contributed by atoms with Crippen LogP contribution in [0.25, 0.3) is 0 Å². The van der Waals surface area contributed by atoms with Gasteiger partial charge in [0.2, 0.25) is 0 Å². The van der Waals surface area contributed by atoms with Crippen LogP contribution in [0.1, 0.15) is 50.2 Å². The third-order valence-corrected chi connectivity index (χ3v) is 5.84. The van der Waals surface area contributed by atoms with E-state index in [0.29, 0.717) is 12.3 Å². The summed E-state index contributed by atoms with van der Waals surface area (Å²) in [6, 6.07) is 7.67. The highest BCUT2D eigenvalue weighted by atomic mass is 32.2. The monoisotopic (exact) mass is 309 g/mol. The minimum Gasteiger partial charge on any atom is -0.388 e. The van der Waals surface area contributed by atoms with E-state index in [1.807, 2.05) is 31.3 Å². The van der Waals surface area contributed by atoms with Crippen molar-refractivity contribution in [3.05, 3.63) is 29.8 Å². The van der Waals surface area contributed by atoms with E-state index in [2.05, 4.69) is 5.32 Å². The molecule has 4 heteroatoms. The summed E-state index contributed by atoms with van der Waals surface area (Å²) >= 11 is 0. The van der Waals surface area contributed by atoms with Crippen molar-refractivity contribution in [1.82, 2.24) is 5.32 Å². The first-order chi connectivity index (χ1) is 10.2. The summed E-state index contributed by atoms with van der Waals surface area (Å²) in [6.45, 7) is 0.774. The number of rotatable bonds is 7. The summed E-state index contributed by atoms with van der Waals surface area (Å²) in [5.74, 6) is 1.38. The first-order valence-corrected chi connectivity index (χ1v) is 9.33. The molecule has 0 aliphatic heterocycles. The highest BCUT2D eigenvalue weighted by molar-refractivity contribution is 7.85. The second kappa shape index (κ2) is 8.66. The second-order valence-corrected chi connectivity index (χ2v) is 7.49. The molecule has 1 aliphatic carbocycles. The lowest BCUT2D eigenvalue weighted by Crippen LogP contribution is -2.15. The van der Waals surface area contributed by atoms with Gasteiger partial charge in [0.1, 0.15) is 0 Å². The molecule has 118 valence electrons. The molecule has 1 aromatic carbocycles. The third-order valence-electron chi connectivity index (χ3n) is 4.29. The Balaban J connectivity index is 1.97. The number of hydrogen-bond donors (Lipinski definition) is 2. The Labute approximate surface area is 130 Å². The Morgan fingerprint density at radius 1 is 1.33 bits per heavy atom. The maximum Gasteiger partial charge on any atom is 0.0802 e. The molecule has 1 fully saturated rings. The minimum atomic E-state index is -0.940. The molecule has 0 amide bonds. The van der Waals surface area contributed by atoms with Crippen LogP contribution in [0, 0.1) is 5.92 Å². The average molecular weight is 309 g/mol. The van der Waals surface area contributed by atoms with E-state index in [9.17, 15) is 9.32 Å². The Morgan fingerprint density at radius 2 is 2.10 bits per heavy atom. The van der Waals surface area contributed by atoms with Crippen LogP contribution in [0.2, 0.25) is 0 Å². The fraction of sp³-hybridized carbons (Fsp3) is 0.647. The summed E-state index contributed by atoms with van der Waals surface area (Å²) in [6.07, 6.45) is 6.52. The summed E-state index contributed by atoms with van der Waals surface area (Å²) in [7, 11) is 0.937. The number of benzene rings is 1. The molecular weight excluding hydrogens is 282 g/mol. The van der Waals surface area contributed by atoms with Crippen LogP contribution in [0.3, 0.4) is 0 Å². The lowest BCUT2D eigenvalue weighted by molar-refractivity contribution is 0.167. The van der Waals surface area contributed by atoms with Crippen molar-refractivity contribution in [1.29, 1.82) is 0 Å². The summed E-state index contributed by atoms with van der Waals surface area (Å²) in [4.78, 5) is 0.863. The maximum atomic E-state index is 12.5. The normalized spacial score (nSPS) is 19.3. The third kappa shape index (κ3) is 5.20.